The van der Waals surface area contributed by atoms with Crippen molar-refractivity contribution in [3.8, 4) is 5.69 Å². The Balaban J connectivity index is 1.07. The first kappa shape index (κ1) is 23.6. The molecule has 3 heterocycles. The molecule has 1 saturated heterocycles. The highest BCUT2D eigenvalue weighted by atomic mass is 16.2. The van der Waals surface area contributed by atoms with E-state index in [2.05, 4.69) is 20.5 Å². The molecule has 8 heteroatoms. The number of benzene rings is 2. The maximum atomic E-state index is 12.9. The SMILES string of the molecule is Cc1cc(NC(=O)NCCN2CCN(C(=O)c3ccc(-n4cccc4)cc3)CC2)c2ccccc2n1. The second-order valence-corrected chi connectivity index (χ2v) is 8.98. The van der Waals surface area contributed by atoms with E-state index in [4.69, 9.17) is 0 Å². The van der Waals surface area contributed by atoms with E-state index in [-0.39, 0.29) is 11.9 Å². The smallest absolute Gasteiger partial charge is 0.319 e. The number of para-hydroxylation sites is 1. The number of piperazine rings is 1. The largest absolute Gasteiger partial charge is 0.337 e. The van der Waals surface area contributed by atoms with E-state index < -0.39 is 0 Å². The Morgan fingerprint density at radius 2 is 1.64 bits per heavy atom. The number of hydrogen-bond acceptors (Lipinski definition) is 4. The molecule has 2 N–H and O–H groups in total. The van der Waals surface area contributed by atoms with Crippen LogP contribution in [0.5, 0.6) is 0 Å². The van der Waals surface area contributed by atoms with E-state index >= 15 is 0 Å². The summed E-state index contributed by atoms with van der Waals surface area (Å²) in [5.74, 6) is 0.0612. The number of urea groups is 1. The number of aryl methyl sites for hydroxylation is 1. The highest BCUT2D eigenvalue weighted by molar-refractivity contribution is 6.00. The summed E-state index contributed by atoms with van der Waals surface area (Å²) in [5.41, 5.74) is 4.20. The van der Waals surface area contributed by atoms with E-state index in [1.807, 2.05) is 95.5 Å². The Bertz CT molecular complexity index is 1340. The molecule has 1 fully saturated rings. The number of nitrogens with zero attached hydrogens (tertiary/aromatic N) is 4. The standard InChI is InChI=1S/C28H30N6O2/c1-21-20-26(24-6-2-3-7-25(24)30-21)31-28(36)29-12-15-32-16-18-34(19-17-32)27(35)22-8-10-23(11-9-22)33-13-4-5-14-33/h2-11,13-14,20H,12,15-19H2,1H3,(H2,29,30,31,36). The van der Waals surface area contributed by atoms with Gasteiger partial charge in [-0.1, -0.05) is 18.2 Å². The number of pyridine rings is 1. The van der Waals surface area contributed by atoms with Crippen LogP contribution in [0.25, 0.3) is 16.6 Å². The van der Waals surface area contributed by atoms with E-state index in [0.717, 1.165) is 47.6 Å². The van der Waals surface area contributed by atoms with Crippen LogP contribution >= 0.6 is 0 Å². The van der Waals surface area contributed by atoms with Crippen LogP contribution in [-0.2, 0) is 0 Å². The number of anilines is 1. The van der Waals surface area contributed by atoms with Gasteiger partial charge in [-0.25, -0.2) is 4.79 Å². The van der Waals surface area contributed by atoms with E-state index in [1.54, 1.807) is 0 Å². The van der Waals surface area contributed by atoms with Gasteiger partial charge in [-0.15, -0.1) is 0 Å². The Hall–Kier alpha value is -4.17. The first-order valence-electron chi connectivity index (χ1n) is 12.2. The van der Waals surface area contributed by atoms with Crippen LogP contribution in [-0.4, -0.2) is 70.6 Å². The quantitative estimate of drug-likeness (QED) is 0.437. The van der Waals surface area contributed by atoms with Gasteiger partial charge in [0.25, 0.3) is 5.91 Å². The summed E-state index contributed by atoms with van der Waals surface area (Å²) in [6.07, 6.45) is 3.97. The molecule has 184 valence electrons. The van der Waals surface area contributed by atoms with E-state index in [1.165, 1.54) is 0 Å². The molecule has 0 unspecified atom stereocenters. The normalized spacial score (nSPS) is 14.1. The summed E-state index contributed by atoms with van der Waals surface area (Å²) >= 11 is 0. The average molecular weight is 483 g/mol. The van der Waals surface area contributed by atoms with Crippen LogP contribution in [0.3, 0.4) is 0 Å². The zero-order valence-corrected chi connectivity index (χ0v) is 20.4. The van der Waals surface area contributed by atoms with Crippen molar-refractivity contribution in [3.63, 3.8) is 0 Å². The number of aromatic nitrogens is 2. The fourth-order valence-corrected chi connectivity index (χ4v) is 4.55. The Morgan fingerprint density at radius 1 is 0.917 bits per heavy atom. The highest BCUT2D eigenvalue weighted by Gasteiger charge is 2.22. The van der Waals surface area contributed by atoms with Gasteiger partial charge in [-0.05, 0) is 55.5 Å². The molecule has 8 nitrogen and oxygen atoms in total. The van der Waals surface area contributed by atoms with Crippen molar-refractivity contribution in [2.24, 2.45) is 0 Å². The minimum atomic E-state index is -0.233. The Kier molecular flexibility index (Phi) is 6.95. The molecule has 4 aromatic rings. The minimum Gasteiger partial charge on any atom is -0.337 e. The second kappa shape index (κ2) is 10.6. The first-order chi connectivity index (χ1) is 17.6. The van der Waals surface area contributed by atoms with Gasteiger partial charge in [0, 0.05) is 74.0 Å². The number of carbonyl (C=O) groups excluding carboxylic acids is 2. The zero-order valence-electron chi connectivity index (χ0n) is 20.4. The lowest BCUT2D eigenvalue weighted by Gasteiger charge is -2.34. The van der Waals surface area contributed by atoms with Crippen LogP contribution in [0.2, 0.25) is 0 Å². The van der Waals surface area contributed by atoms with Gasteiger partial charge < -0.3 is 20.1 Å². The average Bonchev–Trinajstić information content (AvgIpc) is 3.44. The number of hydrogen-bond donors (Lipinski definition) is 2. The number of fused-ring (bicyclic) bond motifs is 1. The number of rotatable bonds is 6. The van der Waals surface area contributed by atoms with Crippen molar-refractivity contribution >= 4 is 28.5 Å². The maximum absolute atomic E-state index is 12.9. The second-order valence-electron chi connectivity index (χ2n) is 8.98. The number of nitrogens with one attached hydrogen (secondary N) is 2. The summed E-state index contributed by atoms with van der Waals surface area (Å²) in [4.78, 5) is 34.1. The van der Waals surface area contributed by atoms with Gasteiger partial charge in [0.1, 0.15) is 0 Å². The lowest BCUT2D eigenvalue weighted by Crippen LogP contribution is -2.50. The molecule has 3 amide bonds. The van der Waals surface area contributed by atoms with E-state index in [0.29, 0.717) is 25.2 Å². The van der Waals surface area contributed by atoms with Crippen LogP contribution in [0.15, 0.2) is 79.1 Å². The molecule has 1 aliphatic rings. The number of carbonyl (C=O) groups is 2. The van der Waals surface area contributed by atoms with Crippen molar-refractivity contribution in [2.75, 3.05) is 44.6 Å². The van der Waals surface area contributed by atoms with Crippen LogP contribution in [0.1, 0.15) is 16.1 Å². The lowest BCUT2D eigenvalue weighted by molar-refractivity contribution is 0.0639. The Morgan fingerprint density at radius 3 is 2.39 bits per heavy atom. The van der Waals surface area contributed by atoms with Gasteiger partial charge in [-0.3, -0.25) is 14.7 Å². The minimum absolute atomic E-state index is 0.0612. The number of amides is 3. The molecule has 2 aromatic heterocycles. The van der Waals surface area contributed by atoms with Crippen molar-refractivity contribution in [1.82, 2.24) is 24.7 Å². The van der Waals surface area contributed by atoms with Crippen molar-refractivity contribution < 1.29 is 9.59 Å². The summed E-state index contributed by atoms with van der Waals surface area (Å²) in [6, 6.07) is 21.1. The lowest BCUT2D eigenvalue weighted by atomic mass is 10.1. The molecular weight excluding hydrogens is 452 g/mol. The summed E-state index contributed by atoms with van der Waals surface area (Å²) in [5, 5.41) is 6.81. The molecule has 0 aliphatic carbocycles. The third kappa shape index (κ3) is 5.39. The van der Waals surface area contributed by atoms with Crippen molar-refractivity contribution in [3.05, 3.63) is 90.4 Å². The van der Waals surface area contributed by atoms with Crippen LogP contribution < -0.4 is 10.6 Å². The third-order valence-electron chi connectivity index (χ3n) is 6.48. The van der Waals surface area contributed by atoms with Gasteiger partial charge >= 0.3 is 6.03 Å². The fraction of sp³-hybridized carbons (Fsp3) is 0.250. The van der Waals surface area contributed by atoms with Crippen LogP contribution in [0.4, 0.5) is 10.5 Å². The predicted molar refractivity (Wildman–Crippen MR) is 142 cm³/mol. The molecule has 0 atom stereocenters. The van der Waals surface area contributed by atoms with Gasteiger partial charge in [0.2, 0.25) is 0 Å². The Labute approximate surface area is 210 Å². The monoisotopic (exact) mass is 482 g/mol. The molecule has 0 spiro atoms. The predicted octanol–water partition coefficient (Wildman–Crippen LogP) is 3.91. The van der Waals surface area contributed by atoms with E-state index in [9.17, 15) is 9.59 Å². The molecule has 1 aliphatic heterocycles. The van der Waals surface area contributed by atoms with Crippen LogP contribution in [0, 0.1) is 6.92 Å². The molecule has 0 bridgehead atoms. The van der Waals surface area contributed by atoms with Gasteiger partial charge in [0.15, 0.2) is 0 Å². The first-order valence-corrected chi connectivity index (χ1v) is 12.2. The topological polar surface area (TPSA) is 82.5 Å². The molecular formula is C28H30N6O2. The molecule has 0 radical (unpaired) electrons. The maximum Gasteiger partial charge on any atom is 0.319 e. The summed E-state index contributed by atoms with van der Waals surface area (Å²) in [7, 11) is 0. The van der Waals surface area contributed by atoms with Gasteiger partial charge in [-0.2, -0.15) is 0 Å². The molecule has 5 rings (SSSR count). The fourth-order valence-electron chi connectivity index (χ4n) is 4.55. The molecule has 36 heavy (non-hydrogen) atoms. The highest BCUT2D eigenvalue weighted by Crippen LogP contribution is 2.22. The molecule has 2 aromatic carbocycles. The van der Waals surface area contributed by atoms with Crippen molar-refractivity contribution in [1.29, 1.82) is 0 Å². The third-order valence-corrected chi connectivity index (χ3v) is 6.48. The summed E-state index contributed by atoms with van der Waals surface area (Å²) < 4.78 is 2.02. The van der Waals surface area contributed by atoms with Gasteiger partial charge in [0.05, 0.1) is 11.2 Å². The van der Waals surface area contributed by atoms with Crippen molar-refractivity contribution in [2.45, 2.75) is 6.92 Å². The summed E-state index contributed by atoms with van der Waals surface area (Å²) in [6.45, 7) is 6.09. The zero-order chi connectivity index (χ0) is 24.9. The molecule has 0 saturated carbocycles.